The monoisotopic (exact) mass is 345 g/mol. The van der Waals surface area contributed by atoms with E-state index >= 15 is 0 Å². The number of rotatable bonds is 5. The SMILES string of the molecule is COCc1nc(C)cc(Nc2ccc3c(c2)ncn3-c2ccccc2)n1. The van der Waals surface area contributed by atoms with Crippen LogP contribution in [0.15, 0.2) is 60.9 Å². The molecule has 6 heteroatoms. The molecule has 0 aliphatic carbocycles. The van der Waals surface area contributed by atoms with Gasteiger partial charge in [0.05, 0.1) is 11.0 Å². The van der Waals surface area contributed by atoms with Crippen molar-refractivity contribution in [3.8, 4) is 5.69 Å². The Labute approximate surface area is 151 Å². The van der Waals surface area contributed by atoms with Crippen LogP contribution in [0.5, 0.6) is 0 Å². The van der Waals surface area contributed by atoms with E-state index in [0.717, 1.165) is 33.9 Å². The van der Waals surface area contributed by atoms with Gasteiger partial charge in [0.2, 0.25) is 0 Å². The van der Waals surface area contributed by atoms with E-state index in [9.17, 15) is 0 Å². The molecule has 0 fully saturated rings. The van der Waals surface area contributed by atoms with Crippen LogP contribution < -0.4 is 5.32 Å². The maximum Gasteiger partial charge on any atom is 0.156 e. The lowest BCUT2D eigenvalue weighted by Gasteiger charge is -2.09. The van der Waals surface area contributed by atoms with Crippen LogP contribution >= 0.6 is 0 Å². The van der Waals surface area contributed by atoms with Gasteiger partial charge in [-0.15, -0.1) is 0 Å². The van der Waals surface area contributed by atoms with Crippen LogP contribution in [0.1, 0.15) is 11.5 Å². The van der Waals surface area contributed by atoms with Gasteiger partial charge in [0.25, 0.3) is 0 Å². The number of fused-ring (bicyclic) bond motifs is 1. The number of methoxy groups -OCH3 is 1. The average molecular weight is 345 g/mol. The Kier molecular flexibility index (Phi) is 4.33. The first-order chi connectivity index (χ1) is 12.7. The minimum atomic E-state index is 0.386. The summed E-state index contributed by atoms with van der Waals surface area (Å²) in [6, 6.07) is 18.2. The van der Waals surface area contributed by atoms with Crippen molar-refractivity contribution >= 4 is 22.5 Å². The van der Waals surface area contributed by atoms with E-state index in [-0.39, 0.29) is 0 Å². The number of hydrogen-bond acceptors (Lipinski definition) is 5. The van der Waals surface area contributed by atoms with Gasteiger partial charge in [-0.05, 0) is 37.3 Å². The topological polar surface area (TPSA) is 64.9 Å². The molecular weight excluding hydrogens is 326 g/mol. The number of aromatic nitrogens is 4. The van der Waals surface area contributed by atoms with E-state index in [1.165, 1.54) is 0 Å². The maximum atomic E-state index is 5.13. The lowest BCUT2D eigenvalue weighted by Crippen LogP contribution is -2.03. The summed E-state index contributed by atoms with van der Waals surface area (Å²) in [5.74, 6) is 1.40. The third-order valence-corrected chi connectivity index (χ3v) is 4.03. The Morgan fingerprint density at radius 3 is 2.69 bits per heavy atom. The van der Waals surface area contributed by atoms with Gasteiger partial charge in [0.1, 0.15) is 18.8 Å². The number of hydrogen-bond donors (Lipinski definition) is 1. The fourth-order valence-electron chi connectivity index (χ4n) is 2.92. The van der Waals surface area contributed by atoms with E-state index in [2.05, 4.69) is 43.0 Å². The standard InChI is InChI=1S/C20H19N5O/c1-14-10-19(24-20(22-14)12-26-2)23-15-8-9-18-17(11-15)21-13-25(18)16-6-4-3-5-7-16/h3-11,13H,12H2,1-2H3,(H,22,23,24). The molecule has 0 amide bonds. The van der Waals surface area contributed by atoms with Gasteiger partial charge in [-0.25, -0.2) is 15.0 Å². The number of benzene rings is 2. The lowest BCUT2D eigenvalue weighted by atomic mass is 10.2. The first-order valence-corrected chi connectivity index (χ1v) is 8.36. The van der Waals surface area contributed by atoms with Crippen LogP contribution in [0.25, 0.3) is 16.7 Å². The summed E-state index contributed by atoms with van der Waals surface area (Å²) in [6.07, 6.45) is 1.84. The molecule has 0 atom stereocenters. The Morgan fingerprint density at radius 1 is 1.04 bits per heavy atom. The van der Waals surface area contributed by atoms with Crippen molar-refractivity contribution in [3.63, 3.8) is 0 Å². The number of imidazole rings is 1. The molecule has 2 aromatic heterocycles. The molecule has 0 bridgehead atoms. The van der Waals surface area contributed by atoms with Gasteiger partial charge >= 0.3 is 0 Å². The summed E-state index contributed by atoms with van der Waals surface area (Å²) in [4.78, 5) is 13.4. The molecule has 0 spiro atoms. The van der Waals surface area contributed by atoms with Crippen LogP contribution in [0, 0.1) is 6.92 Å². The van der Waals surface area contributed by atoms with Crippen molar-refractivity contribution in [1.82, 2.24) is 19.5 Å². The van der Waals surface area contributed by atoms with Gasteiger partial charge in [0, 0.05) is 30.2 Å². The highest BCUT2D eigenvalue weighted by molar-refractivity contribution is 5.82. The van der Waals surface area contributed by atoms with Gasteiger partial charge in [-0.2, -0.15) is 0 Å². The Bertz CT molecular complexity index is 1040. The number of nitrogens with one attached hydrogen (secondary N) is 1. The number of anilines is 2. The fraction of sp³-hybridized carbons (Fsp3) is 0.150. The van der Waals surface area contributed by atoms with Crippen LogP contribution in [-0.2, 0) is 11.3 Å². The molecule has 130 valence electrons. The fourth-order valence-corrected chi connectivity index (χ4v) is 2.92. The zero-order valence-corrected chi connectivity index (χ0v) is 14.7. The van der Waals surface area contributed by atoms with Crippen molar-refractivity contribution in [2.45, 2.75) is 13.5 Å². The highest BCUT2D eigenvalue weighted by atomic mass is 16.5. The van der Waals surface area contributed by atoms with E-state index in [1.54, 1.807) is 7.11 Å². The second kappa shape index (κ2) is 6.93. The van der Waals surface area contributed by atoms with Crippen molar-refractivity contribution < 1.29 is 4.74 Å². The zero-order valence-electron chi connectivity index (χ0n) is 14.7. The van der Waals surface area contributed by atoms with Crippen LogP contribution in [0.3, 0.4) is 0 Å². The van der Waals surface area contributed by atoms with Crippen molar-refractivity contribution in [2.24, 2.45) is 0 Å². The predicted molar refractivity (Wildman–Crippen MR) is 102 cm³/mol. The van der Waals surface area contributed by atoms with Crippen molar-refractivity contribution in [2.75, 3.05) is 12.4 Å². The highest BCUT2D eigenvalue weighted by Gasteiger charge is 2.07. The maximum absolute atomic E-state index is 5.13. The molecule has 1 N–H and O–H groups in total. The van der Waals surface area contributed by atoms with Gasteiger partial charge in [-0.3, -0.25) is 4.57 Å². The van der Waals surface area contributed by atoms with Crippen LogP contribution in [-0.4, -0.2) is 26.6 Å². The quantitative estimate of drug-likeness (QED) is 0.592. The molecule has 4 aromatic rings. The zero-order chi connectivity index (χ0) is 17.9. The molecular formula is C20H19N5O. The first-order valence-electron chi connectivity index (χ1n) is 8.36. The number of nitrogens with zero attached hydrogens (tertiary/aromatic N) is 4. The second-order valence-electron chi connectivity index (χ2n) is 6.02. The Morgan fingerprint density at radius 2 is 1.88 bits per heavy atom. The average Bonchev–Trinajstić information content (AvgIpc) is 3.05. The molecule has 2 aromatic carbocycles. The lowest BCUT2D eigenvalue weighted by molar-refractivity contribution is 0.177. The number of aryl methyl sites for hydroxylation is 1. The summed E-state index contributed by atoms with van der Waals surface area (Å²) < 4.78 is 7.20. The molecule has 0 saturated heterocycles. The minimum absolute atomic E-state index is 0.386. The molecule has 0 unspecified atom stereocenters. The van der Waals surface area contributed by atoms with Crippen LogP contribution in [0.2, 0.25) is 0 Å². The summed E-state index contributed by atoms with van der Waals surface area (Å²) in [7, 11) is 1.63. The second-order valence-corrected chi connectivity index (χ2v) is 6.02. The molecule has 0 radical (unpaired) electrons. The van der Waals surface area contributed by atoms with E-state index in [4.69, 9.17) is 4.74 Å². The Hall–Kier alpha value is -3.25. The van der Waals surface area contributed by atoms with E-state index < -0.39 is 0 Å². The van der Waals surface area contributed by atoms with Gasteiger partial charge < -0.3 is 10.1 Å². The van der Waals surface area contributed by atoms with E-state index in [1.807, 2.05) is 49.6 Å². The van der Waals surface area contributed by atoms with E-state index in [0.29, 0.717) is 12.4 Å². The summed E-state index contributed by atoms with van der Waals surface area (Å²) in [5.41, 5.74) is 4.88. The number of ether oxygens (including phenoxy) is 1. The first kappa shape index (κ1) is 16.2. The predicted octanol–water partition coefficient (Wildman–Crippen LogP) is 4.01. The van der Waals surface area contributed by atoms with Crippen molar-refractivity contribution in [3.05, 3.63) is 72.4 Å². The third-order valence-electron chi connectivity index (χ3n) is 4.03. The largest absolute Gasteiger partial charge is 0.377 e. The third kappa shape index (κ3) is 3.27. The molecule has 2 heterocycles. The Balaban J connectivity index is 1.65. The smallest absolute Gasteiger partial charge is 0.156 e. The molecule has 0 saturated carbocycles. The normalized spacial score (nSPS) is 11.0. The number of para-hydroxylation sites is 1. The summed E-state index contributed by atoms with van der Waals surface area (Å²) >= 11 is 0. The molecule has 26 heavy (non-hydrogen) atoms. The highest BCUT2D eigenvalue weighted by Crippen LogP contribution is 2.23. The molecule has 0 aliphatic heterocycles. The van der Waals surface area contributed by atoms with Gasteiger partial charge in [0.15, 0.2) is 5.82 Å². The van der Waals surface area contributed by atoms with Crippen LogP contribution in [0.4, 0.5) is 11.5 Å². The molecule has 4 rings (SSSR count). The van der Waals surface area contributed by atoms with Crippen molar-refractivity contribution in [1.29, 1.82) is 0 Å². The minimum Gasteiger partial charge on any atom is -0.377 e. The molecule has 6 nitrogen and oxygen atoms in total. The summed E-state index contributed by atoms with van der Waals surface area (Å²) in [6.45, 7) is 2.33. The summed E-state index contributed by atoms with van der Waals surface area (Å²) in [5, 5.41) is 3.33. The molecule has 0 aliphatic rings. The van der Waals surface area contributed by atoms with Gasteiger partial charge in [-0.1, -0.05) is 18.2 Å².